The molecule has 0 bridgehead atoms. The van der Waals surface area contributed by atoms with Gasteiger partial charge in [0.05, 0.1) is 83.8 Å². The van der Waals surface area contributed by atoms with Gasteiger partial charge < -0.3 is 39.7 Å². The van der Waals surface area contributed by atoms with E-state index in [0.29, 0.717) is 74.0 Å². The first-order chi connectivity index (χ1) is 46.4. The third-order valence-corrected chi connectivity index (χ3v) is 15.9. The molecule has 2 aliphatic carbocycles. The molecule has 1 fully saturated rings. The zero-order chi connectivity index (χ0) is 73.9. The number of halogens is 6. The first-order valence-corrected chi connectivity index (χ1v) is 30.4. The first-order valence-electron chi connectivity index (χ1n) is 28.7. The molecule has 0 spiro atoms. The van der Waals surface area contributed by atoms with Gasteiger partial charge in [0.1, 0.15) is 40.4 Å². The van der Waals surface area contributed by atoms with Crippen molar-refractivity contribution in [2.45, 2.75) is 45.1 Å². The van der Waals surface area contributed by atoms with Crippen LogP contribution in [0, 0.1) is 20.2 Å². The van der Waals surface area contributed by atoms with E-state index < -0.39 is 17.2 Å². The van der Waals surface area contributed by atoms with Crippen LogP contribution in [-0.4, -0.2) is 117 Å². The number of Topliss-reactive ketones (excluding diaryl/α,β-unsaturated/α-hetero) is 2. The number of aryl methyl sites for hydroxylation is 2. The Labute approximate surface area is 583 Å². The van der Waals surface area contributed by atoms with Crippen molar-refractivity contribution in [1.82, 2.24) is 9.97 Å². The van der Waals surface area contributed by atoms with Gasteiger partial charge in [-0.15, -0.1) is 10.1 Å². The van der Waals surface area contributed by atoms with Crippen LogP contribution in [0.15, 0.2) is 130 Å². The number of nitrogens with zero attached hydrogens (tertiary/aromatic N) is 5. The maximum atomic E-state index is 10.7. The number of anilines is 1. The Bertz CT molecular complexity index is 3840. The number of rotatable bonds is 11. The fourth-order valence-corrected chi connectivity index (χ4v) is 10.2. The Kier molecular flexibility index (Phi) is 34.3. The van der Waals surface area contributed by atoms with E-state index >= 15 is 0 Å². The zero-order valence-corrected chi connectivity index (χ0v) is 58.2. The Morgan fingerprint density at radius 3 is 1.57 bits per heavy atom. The van der Waals surface area contributed by atoms with Crippen LogP contribution in [0.25, 0.3) is 33.2 Å². The Hall–Kier alpha value is -7.94. The van der Waals surface area contributed by atoms with Crippen molar-refractivity contribution < 1.29 is 84.5 Å². The number of hydrogen-bond donors (Lipinski definition) is 4. The molecule has 6 aromatic carbocycles. The number of ether oxygens (including phenoxy) is 5. The summed E-state index contributed by atoms with van der Waals surface area (Å²) in [6, 6.07) is 30.8. The molecule has 31 heteroatoms. The topological polar surface area (TPSA) is 339 Å². The van der Waals surface area contributed by atoms with Gasteiger partial charge in [0.15, 0.2) is 36.2 Å². The molecule has 4 N–H and O–H groups in total. The minimum absolute atomic E-state index is 0.0191. The van der Waals surface area contributed by atoms with E-state index in [2.05, 4.69) is 117 Å². The van der Waals surface area contributed by atoms with Crippen LogP contribution in [0.5, 0.6) is 28.7 Å². The molecule has 2 heterocycles. The first kappa shape index (κ1) is 74.8. The van der Waals surface area contributed by atoms with E-state index in [1.54, 1.807) is 75.9 Å². The van der Waals surface area contributed by atoms with E-state index in [1.165, 1.54) is 37.5 Å². The molecule has 1 radical (unpaired) electrons. The fourth-order valence-electron chi connectivity index (χ4n) is 8.14. The van der Waals surface area contributed by atoms with Gasteiger partial charge in [-0.1, -0.05) is 66.0 Å². The molecule has 489 valence electrons. The van der Waals surface area contributed by atoms with Crippen LogP contribution in [0.1, 0.15) is 91.1 Å². The molecule has 0 atom stereocenters. The van der Waals surface area contributed by atoms with Crippen molar-refractivity contribution in [2.75, 3.05) is 48.4 Å². The van der Waals surface area contributed by atoms with Gasteiger partial charge >= 0.3 is 30.4 Å². The van der Waals surface area contributed by atoms with Gasteiger partial charge in [0.2, 0.25) is 0 Å². The summed E-state index contributed by atoms with van der Waals surface area (Å²) >= 11 is 19.9. The van der Waals surface area contributed by atoms with Crippen LogP contribution in [0.2, 0.25) is 0 Å². The van der Waals surface area contributed by atoms with Crippen LogP contribution in [0.3, 0.4) is 0 Å². The molecule has 0 amide bonds. The second-order valence-corrected chi connectivity index (χ2v) is 22.3. The number of methoxy groups -OCH3 is 5. The Morgan fingerprint density at radius 2 is 1.11 bits per heavy atom. The number of ketones is 2. The van der Waals surface area contributed by atoms with E-state index in [4.69, 9.17) is 62.0 Å². The van der Waals surface area contributed by atoms with Crippen molar-refractivity contribution in [3.05, 3.63) is 185 Å². The number of hydrogen-bond acceptors (Lipinski definition) is 21. The van der Waals surface area contributed by atoms with E-state index in [9.17, 15) is 48.4 Å². The van der Waals surface area contributed by atoms with Crippen molar-refractivity contribution in [1.29, 1.82) is 0 Å². The number of aromatic nitrogens is 2. The van der Waals surface area contributed by atoms with Gasteiger partial charge in [0.25, 0.3) is 5.09 Å². The number of benzene rings is 6. The maximum absolute atomic E-state index is 10.7. The summed E-state index contributed by atoms with van der Waals surface area (Å²) in [5, 5.41) is 36.1. The third kappa shape index (κ3) is 23.6. The molecule has 1 saturated carbocycles. The number of nitrogens with two attached hydrogens (primary N) is 1. The molecular weight excluding hydrogens is 1550 g/mol. The van der Waals surface area contributed by atoms with Crippen LogP contribution in [0.4, 0.5) is 15.8 Å². The van der Waals surface area contributed by atoms with Crippen molar-refractivity contribution >= 4 is 170 Å². The number of nitro benzene ring substituents is 1. The number of carbonyl (C=O) groups excluding carboxylic acids is 6. The SMILES string of the molecule is COc1ccc(Br)c(C=O)c1.COc1ccc(Br)c(C=O)c1N.COc1ccc(Br)c(C=O)c1[N+](=O)[O-].COc1ccc(Br)c2cc3c(nc12)-c1nc2c(CO)ccc(Br)c2cc1CC3.COc1cccc(C=O)c1.O=C1CCCCC1=O.O=[N+]([O-])O.[2H]CF.[2H][2H].[2H][2H].[B]=NS. The van der Waals surface area contributed by atoms with Gasteiger partial charge in [-0.25, -0.2) is 9.97 Å². The van der Waals surface area contributed by atoms with E-state index in [-0.39, 0.29) is 35.2 Å². The Morgan fingerprint density at radius 1 is 0.663 bits per heavy atom. The number of thiol groups is 1. The average molecular weight is 1620 g/mol. The second kappa shape index (κ2) is 42.3. The number of carbonyl (C=O) groups is 6. The number of pyridine rings is 2. The van der Waals surface area contributed by atoms with Gasteiger partial charge in [-0.3, -0.25) is 43.3 Å². The third-order valence-electron chi connectivity index (χ3n) is 12.5. The van der Waals surface area contributed by atoms with Gasteiger partial charge in [-0.05, 0) is 154 Å². The number of nitrogen functional groups attached to an aromatic ring is 1. The van der Waals surface area contributed by atoms with Crippen molar-refractivity contribution in [2.24, 2.45) is 4.30 Å². The molecule has 10 rings (SSSR count). The number of fused-ring (bicyclic) bond motifs is 5. The number of alkyl halides is 1. The summed E-state index contributed by atoms with van der Waals surface area (Å²) < 4.78 is 67.1. The molecule has 0 unspecified atom stereocenters. The van der Waals surface area contributed by atoms with Crippen LogP contribution in [-0.2, 0) is 29.0 Å². The molecule has 2 aliphatic rings. The second-order valence-electron chi connectivity index (χ2n) is 17.8. The molecule has 0 saturated heterocycles. The Balaban J connectivity index is 0.00000115. The van der Waals surface area contributed by atoms with Gasteiger partial charge in [-0.2, -0.15) is 0 Å². The number of nitro groups is 1. The summed E-state index contributed by atoms with van der Waals surface area (Å²) in [5.74, 6) is 2.39. The zero-order valence-electron chi connectivity index (χ0n) is 54.4. The molecule has 8 aromatic rings. The minimum atomic E-state index is -1.50. The molecule has 23 nitrogen and oxygen atoms in total. The summed E-state index contributed by atoms with van der Waals surface area (Å²) in [5.41, 5.74) is 13.9. The number of aliphatic hydroxyl groups is 1. The monoisotopic (exact) mass is 1610 g/mol. The number of aldehydes is 4. The molecule has 92 heavy (non-hydrogen) atoms. The predicted octanol–water partition coefficient (Wildman–Crippen LogP) is 15.0. The van der Waals surface area contributed by atoms with E-state index in [0.717, 1.165) is 96.2 Å². The molecule has 0 aliphatic heterocycles. The average Bonchev–Trinajstić information content (AvgIpc) is 0.745. The standard InChI is InChI=1S/C22H16Br2N2O2.C8H6BrNO4.C8H8BrNO2.C8H7BrO2.C8H8O2.C6H8O2.CH3F.BHNS.HNO3.2H2/c1-28-18-7-6-17(24)15-9-12-3-2-11-8-14-16(23)5-4-13(10-27)19(14)25-20(11)21(12)26-22(15)18;1-14-7-3-2-6(9)5(4-11)8(7)10(12)13;1-12-7-3-2-6(9)5(4-11)8(7)10;1-11-7-2-3-8(9)6(4-7)5-10;1-10-8-4-2-3-7(5-8)6-9;7-5-3-1-2-4-6(5)8;1-2;1-2-3;2-1(3)4;;/h4-9,27H,2-3,10H2,1H3;2-4H,1H3;2-4H,10H2,1H3;2-5H,1H3;2-6H,1H3;1-4H2;1H3;3H;(H,2,3,4);2*1H/i;;;;;;1D;;;2*1+1D. The summed E-state index contributed by atoms with van der Waals surface area (Å²) in [4.78, 5) is 91.0. The molecule has 2 aromatic heterocycles. The predicted molar refractivity (Wildman–Crippen MR) is 371 cm³/mol. The summed E-state index contributed by atoms with van der Waals surface area (Å²) in [6.45, 7) is -0.0473. The summed E-state index contributed by atoms with van der Waals surface area (Å²) in [6.07, 6.45) is 7.31. The molecular formula is C61H62BBr5FN6O17S. The van der Waals surface area contributed by atoms with Gasteiger partial charge in [0, 0.05) is 68.6 Å². The van der Waals surface area contributed by atoms with E-state index in [1.807, 2.05) is 24.3 Å². The van der Waals surface area contributed by atoms with Crippen molar-refractivity contribution in [3.63, 3.8) is 0 Å². The van der Waals surface area contributed by atoms with Crippen molar-refractivity contribution in [3.8, 4) is 40.1 Å². The fraction of sp³-hybridized carbons (Fsp3) is 0.213. The quantitative estimate of drug-likeness (QED) is 0.0178. The van der Waals surface area contributed by atoms with Crippen LogP contribution < -0.4 is 29.4 Å². The summed E-state index contributed by atoms with van der Waals surface area (Å²) in [7, 11) is 11.0. The normalized spacial score (nSPS) is 11.3. The van der Waals surface area contributed by atoms with Crippen LogP contribution >= 0.6 is 92.5 Å². The number of aliphatic hydroxyl groups excluding tert-OH is 1.